The van der Waals surface area contributed by atoms with Gasteiger partial charge in [0, 0.05) is 11.0 Å². The molecule has 0 saturated carbocycles. The van der Waals surface area contributed by atoms with Gasteiger partial charge in [0.25, 0.3) is 0 Å². The molecule has 0 aliphatic rings. The molecule has 0 aromatic heterocycles. The van der Waals surface area contributed by atoms with Crippen molar-refractivity contribution in [2.75, 3.05) is 0 Å². The van der Waals surface area contributed by atoms with Crippen molar-refractivity contribution in [3.63, 3.8) is 0 Å². The Morgan fingerprint density at radius 1 is 1.05 bits per heavy atom. The van der Waals surface area contributed by atoms with E-state index in [0.717, 1.165) is 11.1 Å². The maximum absolute atomic E-state index is 11.1. The third kappa shape index (κ3) is 3.97. The first-order valence-electron chi connectivity index (χ1n) is 6.35. The molecule has 1 unspecified atom stereocenters. The minimum Gasteiger partial charge on any atom is -0.481 e. The minimum absolute atomic E-state index is 0.0216. The molecule has 0 saturated heterocycles. The van der Waals surface area contributed by atoms with Gasteiger partial charge < -0.3 is 5.11 Å². The fraction of sp³-hybridized carbons (Fsp3) is 0.118. The molecule has 2 aromatic rings. The van der Waals surface area contributed by atoms with Crippen LogP contribution in [0.1, 0.15) is 23.5 Å². The van der Waals surface area contributed by atoms with Crippen molar-refractivity contribution in [2.45, 2.75) is 12.3 Å². The van der Waals surface area contributed by atoms with Crippen LogP contribution in [0.2, 0.25) is 0 Å². The van der Waals surface area contributed by atoms with Gasteiger partial charge in [-0.15, -0.1) is 0 Å². The molecule has 0 radical (unpaired) electrons. The molecule has 0 aliphatic heterocycles. The number of hydrogen-bond donors (Lipinski definition) is 1. The van der Waals surface area contributed by atoms with E-state index >= 15 is 0 Å². The topological polar surface area (TPSA) is 37.3 Å². The Kier molecular flexibility index (Phi) is 4.97. The van der Waals surface area contributed by atoms with Crippen molar-refractivity contribution in [1.82, 2.24) is 0 Å². The molecule has 102 valence electrons. The van der Waals surface area contributed by atoms with Crippen molar-refractivity contribution in [2.24, 2.45) is 0 Å². The molecule has 0 heterocycles. The first kappa shape index (κ1) is 14.4. The van der Waals surface area contributed by atoms with Gasteiger partial charge in [0.15, 0.2) is 0 Å². The number of allylic oxidation sites excluding steroid dienone is 1. The summed E-state index contributed by atoms with van der Waals surface area (Å²) in [6.07, 6.45) is 1.80. The second kappa shape index (κ2) is 6.92. The van der Waals surface area contributed by atoms with Crippen LogP contribution in [0.4, 0.5) is 0 Å². The summed E-state index contributed by atoms with van der Waals surface area (Å²) in [4.78, 5) is 11.1. The van der Waals surface area contributed by atoms with Crippen LogP contribution < -0.4 is 0 Å². The normalized spacial score (nSPS) is 12.9. The largest absolute Gasteiger partial charge is 0.481 e. The zero-order chi connectivity index (χ0) is 14.4. The molecule has 2 nitrogen and oxygen atoms in total. The lowest BCUT2D eigenvalue weighted by molar-refractivity contribution is -0.137. The molecule has 0 aliphatic carbocycles. The first-order chi connectivity index (χ1) is 9.66. The highest BCUT2D eigenvalue weighted by Crippen LogP contribution is 2.32. The summed E-state index contributed by atoms with van der Waals surface area (Å²) in [6.45, 7) is 0. The van der Waals surface area contributed by atoms with E-state index in [9.17, 15) is 4.79 Å². The average Bonchev–Trinajstić information content (AvgIpc) is 2.46. The summed E-state index contributed by atoms with van der Waals surface area (Å²) in [5, 5.41) is 9.61. The third-order valence-corrected chi connectivity index (χ3v) is 3.39. The van der Waals surface area contributed by atoms with Gasteiger partial charge >= 0.3 is 5.97 Å². The third-order valence-electron chi connectivity index (χ3n) is 3.02. The van der Waals surface area contributed by atoms with Crippen LogP contribution in [0.15, 0.2) is 65.7 Å². The van der Waals surface area contributed by atoms with E-state index in [-0.39, 0.29) is 12.3 Å². The van der Waals surface area contributed by atoms with Gasteiger partial charge in [-0.1, -0.05) is 72.3 Å². The lowest BCUT2D eigenvalue weighted by atomic mass is 9.94. The van der Waals surface area contributed by atoms with Crippen LogP contribution in [0.25, 0.3) is 6.08 Å². The van der Waals surface area contributed by atoms with Crippen LogP contribution in [-0.4, -0.2) is 11.1 Å². The number of carbonyl (C=O) groups is 1. The molecule has 0 fully saturated rings. The lowest BCUT2D eigenvalue weighted by Gasteiger charge is -2.14. The summed E-state index contributed by atoms with van der Waals surface area (Å²) >= 11 is 6.36. The van der Waals surface area contributed by atoms with Crippen LogP contribution >= 0.6 is 11.6 Å². The number of benzene rings is 2. The van der Waals surface area contributed by atoms with Gasteiger partial charge in [-0.2, -0.15) is 0 Å². The molecule has 1 atom stereocenters. The first-order valence-corrected chi connectivity index (χ1v) is 6.73. The van der Waals surface area contributed by atoms with E-state index in [1.54, 1.807) is 0 Å². The highest BCUT2D eigenvalue weighted by molar-refractivity contribution is 6.32. The van der Waals surface area contributed by atoms with E-state index in [1.165, 1.54) is 0 Å². The van der Waals surface area contributed by atoms with Crippen molar-refractivity contribution in [3.05, 3.63) is 76.8 Å². The average molecular weight is 287 g/mol. The Morgan fingerprint density at radius 3 is 2.15 bits per heavy atom. The molecule has 20 heavy (non-hydrogen) atoms. The van der Waals surface area contributed by atoms with Gasteiger partial charge in [0.2, 0.25) is 0 Å². The summed E-state index contributed by atoms with van der Waals surface area (Å²) in [7, 11) is 0. The number of aliphatic carboxylic acids is 1. The monoisotopic (exact) mass is 286 g/mol. The number of carboxylic acids is 1. The standard InChI is InChI=1S/C17H15ClO2/c18-16(11-13-7-3-1-4-8-13)15(12-17(19)20)14-9-5-2-6-10-14/h1-11,15H,12H2,(H,19,20)/b16-11-. The van der Waals surface area contributed by atoms with Crippen LogP contribution in [0.3, 0.4) is 0 Å². The number of halogens is 1. The van der Waals surface area contributed by atoms with Crippen LogP contribution in [0, 0.1) is 0 Å². The van der Waals surface area contributed by atoms with Crippen LogP contribution in [-0.2, 0) is 4.79 Å². The molecule has 0 bridgehead atoms. The molecule has 0 spiro atoms. The molecule has 3 heteroatoms. The zero-order valence-electron chi connectivity index (χ0n) is 10.9. The van der Waals surface area contributed by atoms with Gasteiger partial charge in [0.05, 0.1) is 6.42 Å². The number of carboxylic acid groups (broad SMARTS) is 1. The molecule has 2 aromatic carbocycles. The number of hydrogen-bond acceptors (Lipinski definition) is 1. The molecule has 1 N–H and O–H groups in total. The SMILES string of the molecule is O=C(O)CC(/C(Cl)=C/c1ccccc1)c1ccccc1. The fourth-order valence-electron chi connectivity index (χ4n) is 2.04. The minimum atomic E-state index is -0.863. The predicted octanol–water partition coefficient (Wildman–Crippen LogP) is 4.52. The van der Waals surface area contributed by atoms with E-state index in [0.29, 0.717) is 5.03 Å². The number of rotatable bonds is 5. The Labute approximate surface area is 123 Å². The Hall–Kier alpha value is -2.06. The van der Waals surface area contributed by atoms with E-state index in [4.69, 9.17) is 16.7 Å². The highest BCUT2D eigenvalue weighted by Gasteiger charge is 2.18. The van der Waals surface area contributed by atoms with E-state index in [2.05, 4.69) is 0 Å². The predicted molar refractivity (Wildman–Crippen MR) is 81.7 cm³/mol. The maximum atomic E-state index is 11.1. The second-order valence-electron chi connectivity index (χ2n) is 4.50. The second-order valence-corrected chi connectivity index (χ2v) is 4.94. The molecule has 2 rings (SSSR count). The van der Waals surface area contributed by atoms with E-state index < -0.39 is 5.97 Å². The van der Waals surface area contributed by atoms with Gasteiger partial charge in [-0.3, -0.25) is 4.79 Å². The summed E-state index contributed by atoms with van der Waals surface area (Å²) in [5.41, 5.74) is 1.87. The smallest absolute Gasteiger partial charge is 0.304 e. The Bertz CT molecular complexity index is 591. The maximum Gasteiger partial charge on any atom is 0.304 e. The van der Waals surface area contributed by atoms with Gasteiger partial charge in [-0.05, 0) is 17.2 Å². The summed E-state index contributed by atoms with van der Waals surface area (Å²) in [5.74, 6) is -1.19. The van der Waals surface area contributed by atoms with Crippen molar-refractivity contribution in [3.8, 4) is 0 Å². The Morgan fingerprint density at radius 2 is 1.60 bits per heavy atom. The van der Waals surface area contributed by atoms with Gasteiger partial charge in [-0.25, -0.2) is 0 Å². The summed E-state index contributed by atoms with van der Waals surface area (Å²) in [6, 6.07) is 19.1. The molecular formula is C17H15ClO2. The van der Waals surface area contributed by atoms with Crippen LogP contribution in [0.5, 0.6) is 0 Å². The highest BCUT2D eigenvalue weighted by atomic mass is 35.5. The summed E-state index contributed by atoms with van der Waals surface area (Å²) < 4.78 is 0. The quantitative estimate of drug-likeness (QED) is 0.877. The van der Waals surface area contributed by atoms with Crippen molar-refractivity contribution < 1.29 is 9.90 Å². The molecular weight excluding hydrogens is 272 g/mol. The fourth-order valence-corrected chi connectivity index (χ4v) is 2.37. The Balaban J connectivity index is 2.32. The van der Waals surface area contributed by atoms with Crippen molar-refractivity contribution >= 4 is 23.6 Å². The lowest BCUT2D eigenvalue weighted by Crippen LogP contribution is -2.06. The molecule has 0 amide bonds. The van der Waals surface area contributed by atoms with Gasteiger partial charge in [0.1, 0.15) is 0 Å². The van der Waals surface area contributed by atoms with Crippen molar-refractivity contribution in [1.29, 1.82) is 0 Å². The van der Waals surface area contributed by atoms with E-state index in [1.807, 2.05) is 66.7 Å². The zero-order valence-corrected chi connectivity index (χ0v) is 11.6.